The van der Waals surface area contributed by atoms with Gasteiger partial charge in [-0.15, -0.1) is 0 Å². The van der Waals surface area contributed by atoms with Gasteiger partial charge in [0.15, 0.2) is 0 Å². The summed E-state index contributed by atoms with van der Waals surface area (Å²) in [5, 5.41) is 2.83. The molecule has 2 aromatic rings. The third-order valence-electron chi connectivity index (χ3n) is 6.86. The third-order valence-corrected chi connectivity index (χ3v) is 11.1. The molecule has 2 aliphatic rings. The van der Waals surface area contributed by atoms with E-state index >= 15 is 0 Å². The van der Waals surface area contributed by atoms with Crippen LogP contribution in [0.5, 0.6) is 5.75 Å². The lowest BCUT2D eigenvalue weighted by molar-refractivity contribution is -0.120. The predicted octanol–water partition coefficient (Wildman–Crippen LogP) is 3.81. The fourth-order valence-electron chi connectivity index (χ4n) is 4.71. The highest BCUT2D eigenvalue weighted by Crippen LogP contribution is 2.31. The van der Waals surface area contributed by atoms with Crippen LogP contribution in [0.25, 0.3) is 0 Å². The number of nitrogens with zero attached hydrogens (tertiary/aromatic N) is 2. The summed E-state index contributed by atoms with van der Waals surface area (Å²) in [5.41, 5.74) is 0.991. The van der Waals surface area contributed by atoms with Gasteiger partial charge in [0, 0.05) is 36.6 Å². The van der Waals surface area contributed by atoms with Crippen molar-refractivity contribution in [1.82, 2.24) is 8.61 Å². The lowest BCUT2D eigenvalue weighted by Crippen LogP contribution is -2.41. The van der Waals surface area contributed by atoms with Crippen LogP contribution in [0.1, 0.15) is 37.7 Å². The number of anilines is 1. The van der Waals surface area contributed by atoms with Gasteiger partial charge in [0.05, 0.1) is 23.4 Å². The summed E-state index contributed by atoms with van der Waals surface area (Å²) < 4.78 is 61.2. The first-order valence-corrected chi connectivity index (χ1v) is 16.2. The first-order valence-electron chi connectivity index (χ1n) is 12.3. The van der Waals surface area contributed by atoms with Crippen molar-refractivity contribution in [3.63, 3.8) is 0 Å². The van der Waals surface area contributed by atoms with Crippen LogP contribution in [0.2, 0.25) is 0 Å². The minimum absolute atomic E-state index is 0.0906. The zero-order chi connectivity index (χ0) is 26.6. The smallest absolute Gasteiger partial charge is 0.243 e. The fraction of sp³-hybridized carbons (Fsp3) is 0.480. The van der Waals surface area contributed by atoms with Crippen molar-refractivity contribution in [2.75, 3.05) is 38.6 Å². The Labute approximate surface area is 227 Å². The van der Waals surface area contributed by atoms with E-state index in [1.807, 2.05) is 12.1 Å². The maximum absolute atomic E-state index is 13.1. The van der Waals surface area contributed by atoms with Crippen LogP contribution in [0, 0.1) is 5.92 Å². The Bertz CT molecular complexity index is 1320. The second-order valence-corrected chi connectivity index (χ2v) is 14.2. The number of carbonyl (C=O) groups is 1. The molecule has 0 spiro atoms. The van der Waals surface area contributed by atoms with Crippen molar-refractivity contribution < 1.29 is 26.4 Å². The summed E-state index contributed by atoms with van der Waals surface area (Å²) in [6, 6.07) is 11.6. The Balaban J connectivity index is 1.40. The molecule has 0 aromatic heterocycles. The third kappa shape index (κ3) is 6.72. The highest BCUT2D eigenvalue weighted by Gasteiger charge is 2.32. The number of carbonyl (C=O) groups excluding carboxylic acids is 1. The molecular formula is C25H32BrN3O6S2. The largest absolute Gasteiger partial charge is 0.495 e. The van der Waals surface area contributed by atoms with Gasteiger partial charge in [0.1, 0.15) is 5.75 Å². The molecule has 1 amide bonds. The van der Waals surface area contributed by atoms with E-state index in [9.17, 15) is 21.6 Å². The van der Waals surface area contributed by atoms with Crippen molar-refractivity contribution in [1.29, 1.82) is 0 Å². The van der Waals surface area contributed by atoms with Crippen molar-refractivity contribution in [2.45, 2.75) is 42.8 Å². The second-order valence-electron chi connectivity index (χ2n) is 9.37. The van der Waals surface area contributed by atoms with Gasteiger partial charge in [-0.3, -0.25) is 4.79 Å². The number of methoxy groups -OCH3 is 1. The summed E-state index contributed by atoms with van der Waals surface area (Å²) in [4.78, 5) is 13.2. The molecule has 0 aliphatic carbocycles. The number of amides is 1. The summed E-state index contributed by atoms with van der Waals surface area (Å²) in [7, 11) is -5.72. The molecule has 0 atom stereocenters. The van der Waals surface area contributed by atoms with E-state index in [0.717, 1.165) is 23.7 Å². The van der Waals surface area contributed by atoms with Gasteiger partial charge in [-0.1, -0.05) is 34.5 Å². The van der Waals surface area contributed by atoms with Crippen LogP contribution < -0.4 is 10.1 Å². The average molecular weight is 615 g/mol. The highest BCUT2D eigenvalue weighted by atomic mass is 79.9. The summed E-state index contributed by atoms with van der Waals surface area (Å²) >= 11 is 3.35. The number of ether oxygens (including phenoxy) is 1. The van der Waals surface area contributed by atoms with Crippen LogP contribution in [-0.2, 0) is 30.6 Å². The Kier molecular flexibility index (Phi) is 8.95. The van der Waals surface area contributed by atoms with E-state index < -0.39 is 26.0 Å². The maximum Gasteiger partial charge on any atom is 0.243 e. The molecule has 37 heavy (non-hydrogen) atoms. The molecular weight excluding hydrogens is 582 g/mol. The average Bonchev–Trinajstić information content (AvgIpc) is 2.90. The van der Waals surface area contributed by atoms with E-state index in [0.29, 0.717) is 37.2 Å². The Hall–Kier alpha value is -1.99. The fourth-order valence-corrected chi connectivity index (χ4v) is 8.08. The molecule has 0 saturated carbocycles. The van der Waals surface area contributed by atoms with Gasteiger partial charge in [-0.2, -0.15) is 4.31 Å². The van der Waals surface area contributed by atoms with Crippen molar-refractivity contribution in [2.24, 2.45) is 5.92 Å². The van der Waals surface area contributed by atoms with Gasteiger partial charge >= 0.3 is 0 Å². The molecule has 4 rings (SSSR count). The Morgan fingerprint density at radius 1 is 0.946 bits per heavy atom. The number of piperidine rings is 2. The zero-order valence-electron chi connectivity index (χ0n) is 20.7. The first-order chi connectivity index (χ1) is 17.6. The lowest BCUT2D eigenvalue weighted by Gasteiger charge is -2.30. The molecule has 202 valence electrons. The van der Waals surface area contributed by atoms with E-state index in [1.54, 1.807) is 18.2 Å². The maximum atomic E-state index is 13.1. The first kappa shape index (κ1) is 28.0. The van der Waals surface area contributed by atoms with Crippen LogP contribution in [0.3, 0.4) is 0 Å². The van der Waals surface area contributed by atoms with Crippen molar-refractivity contribution in [3.05, 3.63) is 52.5 Å². The van der Waals surface area contributed by atoms with Gasteiger partial charge in [-0.25, -0.2) is 21.1 Å². The van der Waals surface area contributed by atoms with Crippen LogP contribution in [-0.4, -0.2) is 64.6 Å². The summed E-state index contributed by atoms with van der Waals surface area (Å²) in [5.74, 6) is -0.408. The Morgan fingerprint density at radius 2 is 1.59 bits per heavy atom. The van der Waals surface area contributed by atoms with Gasteiger partial charge in [-0.05, 0) is 61.6 Å². The lowest BCUT2D eigenvalue weighted by atomic mass is 9.97. The number of sulfonamides is 2. The minimum atomic E-state index is -3.67. The number of hydrogen-bond donors (Lipinski definition) is 1. The number of rotatable bonds is 8. The van der Waals surface area contributed by atoms with E-state index in [1.165, 1.54) is 27.9 Å². The zero-order valence-corrected chi connectivity index (χ0v) is 23.9. The van der Waals surface area contributed by atoms with Crippen LogP contribution in [0.4, 0.5) is 5.69 Å². The Morgan fingerprint density at radius 3 is 2.22 bits per heavy atom. The van der Waals surface area contributed by atoms with E-state index in [4.69, 9.17) is 4.74 Å². The van der Waals surface area contributed by atoms with Crippen LogP contribution >= 0.6 is 15.9 Å². The number of halogens is 1. The molecule has 12 heteroatoms. The molecule has 1 N–H and O–H groups in total. The van der Waals surface area contributed by atoms with Crippen LogP contribution in [0.15, 0.2) is 51.8 Å². The number of hydrogen-bond acceptors (Lipinski definition) is 6. The minimum Gasteiger partial charge on any atom is -0.495 e. The number of benzene rings is 2. The van der Waals surface area contributed by atoms with Gasteiger partial charge in [0.2, 0.25) is 26.0 Å². The number of nitrogens with one attached hydrogen (secondary N) is 1. The molecule has 2 heterocycles. The van der Waals surface area contributed by atoms with Crippen molar-refractivity contribution in [3.8, 4) is 5.75 Å². The molecule has 0 radical (unpaired) electrons. The molecule has 2 saturated heterocycles. The van der Waals surface area contributed by atoms with Crippen molar-refractivity contribution >= 4 is 47.6 Å². The summed E-state index contributed by atoms with van der Waals surface area (Å²) in [6.45, 7) is 1.47. The van der Waals surface area contributed by atoms with Gasteiger partial charge in [0.25, 0.3) is 0 Å². The molecule has 9 nitrogen and oxygen atoms in total. The normalized spacial score (nSPS) is 18.4. The quantitative estimate of drug-likeness (QED) is 0.484. The second kappa shape index (κ2) is 11.8. The molecule has 0 bridgehead atoms. The SMILES string of the molecule is COc1ccc(S(=O)(=O)N2CCCCC2)cc1NC(=O)C1CCN(S(=O)(=O)Cc2ccc(Br)cc2)CC1. The molecule has 2 aliphatic heterocycles. The summed E-state index contributed by atoms with van der Waals surface area (Å²) in [6.07, 6.45) is 3.42. The molecule has 0 unspecified atom stereocenters. The van der Waals surface area contributed by atoms with E-state index in [2.05, 4.69) is 21.2 Å². The molecule has 2 aromatic carbocycles. The molecule has 2 fully saturated rings. The monoisotopic (exact) mass is 613 g/mol. The van der Waals surface area contributed by atoms with Gasteiger partial charge < -0.3 is 10.1 Å². The highest BCUT2D eigenvalue weighted by molar-refractivity contribution is 9.10. The topological polar surface area (TPSA) is 113 Å². The standard InChI is InChI=1S/C25H32BrN3O6S2/c1-35-24-10-9-22(37(33,34)29-13-3-2-4-14-29)17-23(24)27-25(30)20-11-15-28(16-12-20)36(31,32)18-19-5-7-21(26)8-6-19/h5-10,17,20H,2-4,11-16,18H2,1H3,(H,27,30). The van der Waals surface area contributed by atoms with E-state index in [-0.39, 0.29) is 35.3 Å². The predicted molar refractivity (Wildman–Crippen MR) is 145 cm³/mol.